The standard InChI is InChI=1S/C13H14N2OS2/c1-10-8-12(14-15(10)13(17)18-2)16-9-11-6-4-3-5-7-11/h3-8H,9H2,1-2H3. The van der Waals surface area contributed by atoms with Gasteiger partial charge in [-0.2, -0.15) is 0 Å². The van der Waals surface area contributed by atoms with E-state index in [0.717, 1.165) is 15.6 Å². The number of nitrogens with zero attached hydrogens (tertiary/aromatic N) is 2. The van der Waals surface area contributed by atoms with Crippen molar-refractivity contribution in [2.75, 3.05) is 6.26 Å². The maximum Gasteiger partial charge on any atom is 0.233 e. The lowest BCUT2D eigenvalue weighted by Crippen LogP contribution is -2.08. The maximum absolute atomic E-state index is 5.65. The minimum atomic E-state index is 0.517. The van der Waals surface area contributed by atoms with Crippen LogP contribution in [0.15, 0.2) is 36.4 Å². The van der Waals surface area contributed by atoms with Gasteiger partial charge in [-0.05, 0) is 18.7 Å². The predicted octanol–water partition coefficient (Wildman–Crippen LogP) is 3.27. The molecule has 0 aliphatic carbocycles. The largest absolute Gasteiger partial charge is 0.472 e. The average Bonchev–Trinajstić information content (AvgIpc) is 2.78. The zero-order valence-electron chi connectivity index (χ0n) is 10.3. The molecule has 0 unspecified atom stereocenters. The summed E-state index contributed by atoms with van der Waals surface area (Å²) in [5.41, 5.74) is 2.11. The van der Waals surface area contributed by atoms with Crippen molar-refractivity contribution in [2.24, 2.45) is 0 Å². The van der Waals surface area contributed by atoms with Crippen molar-refractivity contribution in [3.05, 3.63) is 47.7 Å². The van der Waals surface area contributed by atoms with Crippen molar-refractivity contribution < 1.29 is 4.74 Å². The zero-order valence-corrected chi connectivity index (χ0v) is 11.9. The van der Waals surface area contributed by atoms with Gasteiger partial charge in [0.05, 0.1) is 0 Å². The molecule has 18 heavy (non-hydrogen) atoms. The molecule has 2 rings (SSSR count). The summed E-state index contributed by atoms with van der Waals surface area (Å²) in [7, 11) is 0. The molecule has 1 aromatic carbocycles. The van der Waals surface area contributed by atoms with Crippen molar-refractivity contribution in [1.82, 2.24) is 9.78 Å². The van der Waals surface area contributed by atoms with Gasteiger partial charge < -0.3 is 4.74 Å². The number of benzene rings is 1. The van der Waals surface area contributed by atoms with Crippen molar-refractivity contribution in [2.45, 2.75) is 13.5 Å². The van der Waals surface area contributed by atoms with E-state index in [1.54, 1.807) is 4.68 Å². The Morgan fingerprint density at radius 1 is 1.39 bits per heavy atom. The zero-order chi connectivity index (χ0) is 13.0. The second kappa shape index (κ2) is 6.02. The van der Waals surface area contributed by atoms with Crippen LogP contribution < -0.4 is 4.74 Å². The van der Waals surface area contributed by atoms with Crippen LogP contribution in [0.2, 0.25) is 0 Å². The highest BCUT2D eigenvalue weighted by atomic mass is 32.2. The molecule has 0 radical (unpaired) electrons. The summed E-state index contributed by atoms with van der Waals surface area (Å²) < 4.78 is 8.09. The first-order valence-corrected chi connectivity index (χ1v) is 7.15. The monoisotopic (exact) mass is 278 g/mol. The fourth-order valence-electron chi connectivity index (χ4n) is 1.52. The normalized spacial score (nSPS) is 10.3. The molecule has 0 aliphatic heterocycles. The van der Waals surface area contributed by atoms with Crippen LogP contribution in [-0.2, 0) is 6.61 Å². The third-order valence-electron chi connectivity index (χ3n) is 2.44. The van der Waals surface area contributed by atoms with Crippen LogP contribution in [0.3, 0.4) is 0 Å². The van der Waals surface area contributed by atoms with E-state index in [0.29, 0.717) is 12.5 Å². The molecule has 0 atom stereocenters. The van der Waals surface area contributed by atoms with E-state index in [2.05, 4.69) is 5.10 Å². The lowest BCUT2D eigenvalue weighted by atomic mass is 10.2. The highest BCUT2D eigenvalue weighted by Crippen LogP contribution is 2.15. The lowest BCUT2D eigenvalue weighted by Gasteiger charge is -2.03. The number of thiocarbonyl (C=S) groups is 1. The summed E-state index contributed by atoms with van der Waals surface area (Å²) in [6.45, 7) is 2.48. The van der Waals surface area contributed by atoms with Crippen molar-refractivity contribution in [3.63, 3.8) is 0 Å². The topological polar surface area (TPSA) is 27.1 Å². The van der Waals surface area contributed by atoms with Crippen LogP contribution >= 0.6 is 24.0 Å². The van der Waals surface area contributed by atoms with Crippen LogP contribution in [0, 0.1) is 6.92 Å². The molecule has 94 valence electrons. The van der Waals surface area contributed by atoms with Crippen LogP contribution in [-0.4, -0.2) is 20.4 Å². The molecule has 1 heterocycles. The number of aryl methyl sites for hydroxylation is 1. The Hall–Kier alpha value is -1.33. The minimum Gasteiger partial charge on any atom is -0.472 e. The summed E-state index contributed by atoms with van der Waals surface area (Å²) in [6.07, 6.45) is 1.94. The molecule has 0 bridgehead atoms. The van der Waals surface area contributed by atoms with Gasteiger partial charge in [-0.15, -0.1) is 5.10 Å². The molecule has 5 heteroatoms. The number of thioether (sulfide) groups is 1. The third kappa shape index (κ3) is 3.11. The number of rotatable bonds is 3. The summed E-state index contributed by atoms with van der Waals surface area (Å²) in [4.78, 5) is 0. The molecule has 3 nitrogen and oxygen atoms in total. The van der Waals surface area contributed by atoms with Gasteiger partial charge in [0.2, 0.25) is 5.88 Å². The van der Waals surface area contributed by atoms with Gasteiger partial charge in [0.15, 0.2) is 4.32 Å². The first kappa shape index (κ1) is 13.1. The van der Waals surface area contributed by atoms with Gasteiger partial charge in [-0.3, -0.25) is 0 Å². The van der Waals surface area contributed by atoms with Gasteiger partial charge in [0, 0.05) is 11.8 Å². The second-order valence-corrected chi connectivity index (χ2v) is 5.22. The fourth-order valence-corrected chi connectivity index (χ4v) is 2.06. The van der Waals surface area contributed by atoms with Crippen molar-refractivity contribution >= 4 is 28.3 Å². The van der Waals surface area contributed by atoms with Gasteiger partial charge in [0.25, 0.3) is 0 Å². The third-order valence-corrected chi connectivity index (χ3v) is 3.64. The average molecular weight is 278 g/mol. The van der Waals surface area contributed by atoms with E-state index in [9.17, 15) is 0 Å². The summed E-state index contributed by atoms with van der Waals surface area (Å²) in [5.74, 6) is 0.604. The predicted molar refractivity (Wildman–Crippen MR) is 79.2 cm³/mol. The molecular formula is C13H14N2OS2. The molecule has 0 saturated heterocycles. The highest BCUT2D eigenvalue weighted by molar-refractivity contribution is 8.22. The lowest BCUT2D eigenvalue weighted by molar-refractivity contribution is 0.292. The van der Waals surface area contributed by atoms with Crippen molar-refractivity contribution in [1.29, 1.82) is 0 Å². The molecular weight excluding hydrogens is 264 g/mol. The Bertz CT molecular complexity index is 537. The molecule has 0 spiro atoms. The van der Waals surface area contributed by atoms with Crippen LogP contribution in [0.5, 0.6) is 5.88 Å². The van der Waals surface area contributed by atoms with Crippen LogP contribution in [0.25, 0.3) is 0 Å². The Kier molecular flexibility index (Phi) is 4.38. The SMILES string of the molecule is CSC(=S)n1nc(OCc2ccccc2)cc1C. The first-order valence-electron chi connectivity index (χ1n) is 5.52. The van der Waals surface area contributed by atoms with E-state index < -0.39 is 0 Å². The van der Waals surface area contributed by atoms with Crippen molar-refractivity contribution in [3.8, 4) is 5.88 Å². The van der Waals surface area contributed by atoms with E-state index >= 15 is 0 Å². The number of aromatic nitrogens is 2. The Labute approximate surface area is 116 Å². The van der Waals surface area contributed by atoms with E-state index in [1.165, 1.54) is 11.8 Å². The number of hydrogen-bond acceptors (Lipinski definition) is 4. The molecule has 0 amide bonds. The summed E-state index contributed by atoms with van der Waals surface area (Å²) in [6, 6.07) is 11.9. The molecule has 0 aliphatic rings. The van der Waals surface area contributed by atoms with Gasteiger partial charge in [0.1, 0.15) is 6.61 Å². The first-order chi connectivity index (χ1) is 8.70. The van der Waals surface area contributed by atoms with Gasteiger partial charge >= 0.3 is 0 Å². The Balaban J connectivity index is 2.05. The maximum atomic E-state index is 5.65. The smallest absolute Gasteiger partial charge is 0.233 e. The fraction of sp³-hybridized carbons (Fsp3) is 0.231. The van der Waals surface area contributed by atoms with E-state index in [-0.39, 0.29) is 0 Å². The summed E-state index contributed by atoms with van der Waals surface area (Å²) >= 11 is 6.70. The minimum absolute atomic E-state index is 0.517. The number of hydrogen-bond donors (Lipinski definition) is 0. The molecule has 0 fully saturated rings. The van der Waals surface area contributed by atoms with Gasteiger partial charge in [-0.1, -0.05) is 54.3 Å². The molecule has 0 N–H and O–H groups in total. The van der Waals surface area contributed by atoms with Crippen LogP contribution in [0.4, 0.5) is 0 Å². The Morgan fingerprint density at radius 3 is 2.78 bits per heavy atom. The quantitative estimate of drug-likeness (QED) is 0.805. The van der Waals surface area contributed by atoms with Crippen LogP contribution in [0.1, 0.15) is 11.3 Å². The van der Waals surface area contributed by atoms with E-state index in [1.807, 2.05) is 49.6 Å². The molecule has 0 saturated carbocycles. The van der Waals surface area contributed by atoms with Gasteiger partial charge in [-0.25, -0.2) is 4.68 Å². The highest BCUT2D eigenvalue weighted by Gasteiger charge is 2.08. The summed E-state index contributed by atoms with van der Waals surface area (Å²) in [5, 5.41) is 4.33. The van der Waals surface area contributed by atoms with E-state index in [4.69, 9.17) is 17.0 Å². The molecule has 1 aromatic heterocycles. The molecule has 2 aromatic rings. The number of ether oxygens (including phenoxy) is 1. The Morgan fingerprint density at radius 2 is 2.11 bits per heavy atom. The second-order valence-electron chi connectivity index (χ2n) is 3.78.